The molecule has 1 aromatic rings. The largest absolute Gasteiger partial charge is 0.444 e. The Morgan fingerprint density at radius 1 is 1.30 bits per heavy atom. The predicted molar refractivity (Wildman–Crippen MR) is 74.5 cm³/mol. The van der Waals surface area contributed by atoms with Gasteiger partial charge >= 0.3 is 6.09 Å². The van der Waals surface area contributed by atoms with Crippen molar-refractivity contribution in [2.75, 3.05) is 18.9 Å². The fourth-order valence-corrected chi connectivity index (χ4v) is 1.50. The average molecular weight is 282 g/mol. The van der Waals surface area contributed by atoms with Crippen LogP contribution >= 0.6 is 0 Å². The van der Waals surface area contributed by atoms with Gasteiger partial charge in [-0.1, -0.05) is 0 Å². The van der Waals surface area contributed by atoms with E-state index in [-0.39, 0.29) is 23.6 Å². The predicted octanol–water partition coefficient (Wildman–Crippen LogP) is 2.57. The number of amides is 1. The molecule has 1 aromatic carbocycles. The number of benzene rings is 1. The third-order valence-corrected chi connectivity index (χ3v) is 2.25. The smallest absolute Gasteiger partial charge is 0.412 e. The van der Waals surface area contributed by atoms with E-state index in [9.17, 15) is 14.0 Å². The van der Waals surface area contributed by atoms with Gasteiger partial charge in [-0.15, -0.1) is 0 Å². The first-order chi connectivity index (χ1) is 9.23. The minimum Gasteiger partial charge on any atom is -0.444 e. The Hall–Kier alpha value is -1.95. The molecule has 0 saturated carbocycles. The number of carbonyl (C=O) groups excluding carboxylic acids is 2. The topological polar surface area (TPSA) is 67.4 Å². The summed E-state index contributed by atoms with van der Waals surface area (Å²) in [6.45, 7) is 5.24. The third kappa shape index (κ3) is 4.97. The molecule has 0 radical (unpaired) electrons. The molecule has 1 amide bonds. The van der Waals surface area contributed by atoms with Gasteiger partial charge in [0.15, 0.2) is 5.78 Å². The van der Waals surface area contributed by atoms with Gasteiger partial charge in [-0.05, 0) is 46.0 Å². The molecule has 2 N–H and O–H groups in total. The number of hydrogen-bond donors (Lipinski definition) is 2. The molecular weight excluding hydrogens is 263 g/mol. The van der Waals surface area contributed by atoms with Crippen molar-refractivity contribution in [3.8, 4) is 0 Å². The molecule has 0 aliphatic heterocycles. The summed E-state index contributed by atoms with van der Waals surface area (Å²) in [7, 11) is 1.61. The molecule has 110 valence electrons. The lowest BCUT2D eigenvalue weighted by Gasteiger charge is -2.19. The molecule has 20 heavy (non-hydrogen) atoms. The molecule has 6 heteroatoms. The summed E-state index contributed by atoms with van der Waals surface area (Å²) < 4.78 is 18.8. The van der Waals surface area contributed by atoms with Gasteiger partial charge in [0.25, 0.3) is 0 Å². The maximum absolute atomic E-state index is 13.8. The standard InChI is InChI=1S/C14H19FN2O3/c1-14(2,3)20-13(19)17-9-5-6-10(11(15)7-9)12(18)8-16-4/h5-7,16H,8H2,1-4H3,(H,17,19). The second-order valence-corrected chi connectivity index (χ2v) is 5.28. The van der Waals surface area contributed by atoms with E-state index >= 15 is 0 Å². The maximum atomic E-state index is 13.8. The molecule has 5 nitrogen and oxygen atoms in total. The molecule has 0 aliphatic rings. The van der Waals surface area contributed by atoms with Gasteiger partial charge in [-0.3, -0.25) is 10.1 Å². The van der Waals surface area contributed by atoms with Gasteiger partial charge < -0.3 is 10.1 Å². The molecule has 0 fully saturated rings. The Morgan fingerprint density at radius 2 is 1.95 bits per heavy atom. The van der Waals surface area contributed by atoms with E-state index in [2.05, 4.69) is 10.6 Å². The molecular formula is C14H19FN2O3. The highest BCUT2D eigenvalue weighted by molar-refractivity contribution is 5.98. The van der Waals surface area contributed by atoms with Crippen LogP contribution in [0.2, 0.25) is 0 Å². The summed E-state index contributed by atoms with van der Waals surface area (Å²) in [5.41, 5.74) is -0.419. The van der Waals surface area contributed by atoms with Crippen LogP contribution in [0.15, 0.2) is 18.2 Å². The van der Waals surface area contributed by atoms with Crippen molar-refractivity contribution in [2.45, 2.75) is 26.4 Å². The van der Waals surface area contributed by atoms with E-state index in [4.69, 9.17) is 4.74 Å². The maximum Gasteiger partial charge on any atom is 0.412 e. The van der Waals surface area contributed by atoms with Crippen molar-refractivity contribution < 1.29 is 18.7 Å². The lowest BCUT2D eigenvalue weighted by Crippen LogP contribution is -2.27. The Labute approximate surface area is 117 Å². The summed E-state index contributed by atoms with van der Waals surface area (Å²) >= 11 is 0. The number of hydrogen-bond acceptors (Lipinski definition) is 4. The van der Waals surface area contributed by atoms with E-state index < -0.39 is 17.5 Å². The minimum absolute atomic E-state index is 0.0194. The number of carbonyl (C=O) groups is 2. The molecule has 0 aliphatic carbocycles. The number of ether oxygens (including phenoxy) is 1. The van der Waals surface area contributed by atoms with Gasteiger partial charge in [0.05, 0.1) is 12.1 Å². The van der Waals surface area contributed by atoms with Crippen molar-refractivity contribution in [1.29, 1.82) is 0 Å². The van der Waals surface area contributed by atoms with Crippen molar-refractivity contribution >= 4 is 17.6 Å². The second-order valence-electron chi connectivity index (χ2n) is 5.28. The highest BCUT2D eigenvalue weighted by Gasteiger charge is 2.17. The van der Waals surface area contributed by atoms with Gasteiger partial charge in [0.1, 0.15) is 11.4 Å². The van der Waals surface area contributed by atoms with Crippen LogP contribution in [0.5, 0.6) is 0 Å². The van der Waals surface area contributed by atoms with Gasteiger partial charge in [0.2, 0.25) is 0 Å². The van der Waals surface area contributed by atoms with Crippen molar-refractivity contribution in [2.24, 2.45) is 0 Å². The highest BCUT2D eigenvalue weighted by atomic mass is 19.1. The van der Waals surface area contributed by atoms with Gasteiger partial charge in [-0.25, -0.2) is 9.18 Å². The third-order valence-electron chi connectivity index (χ3n) is 2.25. The number of nitrogens with one attached hydrogen (secondary N) is 2. The van der Waals surface area contributed by atoms with E-state index in [0.29, 0.717) is 0 Å². The van der Waals surface area contributed by atoms with Crippen molar-refractivity contribution in [3.63, 3.8) is 0 Å². The molecule has 1 rings (SSSR count). The molecule has 0 saturated heterocycles. The first-order valence-electron chi connectivity index (χ1n) is 6.20. The molecule has 0 atom stereocenters. The van der Waals surface area contributed by atoms with Crippen LogP contribution in [-0.2, 0) is 4.74 Å². The van der Waals surface area contributed by atoms with E-state index in [1.807, 2.05) is 0 Å². The molecule has 0 bridgehead atoms. The van der Waals surface area contributed by atoms with Gasteiger partial charge in [-0.2, -0.15) is 0 Å². The average Bonchev–Trinajstić information content (AvgIpc) is 2.26. The first-order valence-corrected chi connectivity index (χ1v) is 6.20. The summed E-state index contributed by atoms with van der Waals surface area (Å²) in [4.78, 5) is 23.1. The fourth-order valence-electron chi connectivity index (χ4n) is 1.50. The van der Waals surface area contributed by atoms with Crippen LogP contribution in [0.1, 0.15) is 31.1 Å². The number of rotatable bonds is 4. The lowest BCUT2D eigenvalue weighted by molar-refractivity contribution is 0.0636. The van der Waals surface area contributed by atoms with Gasteiger partial charge in [0, 0.05) is 5.69 Å². The van der Waals surface area contributed by atoms with Crippen LogP contribution in [0, 0.1) is 5.82 Å². The molecule has 0 heterocycles. The van der Waals surface area contributed by atoms with Crippen LogP contribution in [0.4, 0.5) is 14.9 Å². The van der Waals surface area contributed by atoms with Crippen LogP contribution in [0.3, 0.4) is 0 Å². The first kappa shape index (κ1) is 16.1. The Bertz CT molecular complexity index is 510. The van der Waals surface area contributed by atoms with Crippen molar-refractivity contribution in [1.82, 2.24) is 5.32 Å². The fraction of sp³-hybridized carbons (Fsp3) is 0.429. The number of likely N-dealkylation sites (N-methyl/N-ethyl adjacent to an activating group) is 1. The number of halogens is 1. The number of Topliss-reactive ketones (excluding diaryl/α,β-unsaturated/α-hetero) is 1. The zero-order valence-electron chi connectivity index (χ0n) is 12.0. The summed E-state index contributed by atoms with van der Waals surface area (Å²) in [5.74, 6) is -1.03. The summed E-state index contributed by atoms with van der Waals surface area (Å²) in [5, 5.41) is 5.07. The monoisotopic (exact) mass is 282 g/mol. The Morgan fingerprint density at radius 3 is 2.45 bits per heavy atom. The second kappa shape index (κ2) is 6.47. The van der Waals surface area contributed by atoms with E-state index in [1.54, 1.807) is 27.8 Å². The molecule has 0 aromatic heterocycles. The van der Waals surface area contributed by atoms with Crippen LogP contribution in [0.25, 0.3) is 0 Å². The SMILES string of the molecule is CNCC(=O)c1ccc(NC(=O)OC(C)(C)C)cc1F. The molecule has 0 unspecified atom stereocenters. The zero-order valence-corrected chi connectivity index (χ0v) is 12.0. The minimum atomic E-state index is -0.682. The Balaban J connectivity index is 2.78. The lowest BCUT2D eigenvalue weighted by atomic mass is 10.1. The number of ketones is 1. The molecule has 0 spiro atoms. The zero-order chi connectivity index (χ0) is 15.3. The normalized spacial score (nSPS) is 11.1. The van der Waals surface area contributed by atoms with Crippen LogP contribution < -0.4 is 10.6 Å². The summed E-state index contributed by atoms with van der Waals surface area (Å²) in [6.07, 6.45) is -0.675. The quantitative estimate of drug-likeness (QED) is 0.833. The van der Waals surface area contributed by atoms with Crippen LogP contribution in [-0.4, -0.2) is 31.1 Å². The number of anilines is 1. The van der Waals surface area contributed by atoms with E-state index in [1.165, 1.54) is 12.1 Å². The Kier molecular flexibility index (Phi) is 5.21. The van der Waals surface area contributed by atoms with E-state index in [0.717, 1.165) is 6.07 Å². The summed E-state index contributed by atoms with van der Waals surface area (Å²) in [6, 6.07) is 3.88. The van der Waals surface area contributed by atoms with Crippen molar-refractivity contribution in [3.05, 3.63) is 29.6 Å². The highest BCUT2D eigenvalue weighted by Crippen LogP contribution is 2.16.